The summed E-state index contributed by atoms with van der Waals surface area (Å²) in [5.41, 5.74) is 1.36. The fourth-order valence-electron chi connectivity index (χ4n) is 4.10. The van der Waals surface area contributed by atoms with Crippen LogP contribution in [-0.4, -0.2) is 64.9 Å². The molecular formula is C23H40N4O2. The largest absolute Gasteiger partial charge is 0.497 e. The van der Waals surface area contributed by atoms with Crippen molar-refractivity contribution in [1.29, 1.82) is 0 Å². The Morgan fingerprint density at radius 2 is 2.07 bits per heavy atom. The minimum absolute atomic E-state index is 0.145. The summed E-state index contributed by atoms with van der Waals surface area (Å²) in [7, 11) is 7.71. The molecule has 1 aliphatic heterocycles. The van der Waals surface area contributed by atoms with Crippen molar-refractivity contribution in [2.24, 2.45) is 16.3 Å². The van der Waals surface area contributed by atoms with Crippen molar-refractivity contribution in [3.63, 3.8) is 0 Å². The molecule has 6 heteroatoms. The predicted molar refractivity (Wildman–Crippen MR) is 121 cm³/mol. The number of guanidine groups is 1. The van der Waals surface area contributed by atoms with Crippen LogP contribution in [0.25, 0.3) is 0 Å². The van der Waals surface area contributed by atoms with Crippen molar-refractivity contribution in [2.45, 2.75) is 45.8 Å². The third kappa shape index (κ3) is 6.89. The van der Waals surface area contributed by atoms with E-state index in [0.717, 1.165) is 37.8 Å². The fraction of sp³-hybridized carbons (Fsp3) is 0.696. The highest BCUT2D eigenvalue weighted by molar-refractivity contribution is 5.79. The summed E-state index contributed by atoms with van der Waals surface area (Å²) in [4.78, 5) is 6.64. The van der Waals surface area contributed by atoms with E-state index in [2.05, 4.69) is 67.5 Å². The molecule has 0 bridgehead atoms. The van der Waals surface area contributed by atoms with E-state index >= 15 is 0 Å². The molecule has 0 amide bonds. The molecule has 1 aromatic rings. The molecule has 0 aromatic heterocycles. The Labute approximate surface area is 177 Å². The zero-order valence-corrected chi connectivity index (χ0v) is 19.3. The van der Waals surface area contributed by atoms with Crippen LogP contribution in [0.2, 0.25) is 0 Å². The highest BCUT2D eigenvalue weighted by Gasteiger charge is 2.35. The van der Waals surface area contributed by atoms with Gasteiger partial charge < -0.3 is 25.0 Å². The summed E-state index contributed by atoms with van der Waals surface area (Å²) in [6.07, 6.45) is 2.59. The summed E-state index contributed by atoms with van der Waals surface area (Å²) in [5.74, 6) is 2.20. The van der Waals surface area contributed by atoms with Gasteiger partial charge in [0.25, 0.3) is 0 Å². The van der Waals surface area contributed by atoms with Gasteiger partial charge in [0, 0.05) is 32.7 Å². The lowest BCUT2D eigenvalue weighted by molar-refractivity contribution is -0.0835. The fourth-order valence-corrected chi connectivity index (χ4v) is 4.10. The molecule has 2 rings (SSSR count). The zero-order chi connectivity index (χ0) is 21.4. The third-order valence-corrected chi connectivity index (χ3v) is 5.62. The predicted octanol–water partition coefficient (Wildman–Crippen LogP) is 3.30. The van der Waals surface area contributed by atoms with Gasteiger partial charge in [0.15, 0.2) is 5.96 Å². The minimum atomic E-state index is 0.145. The summed E-state index contributed by atoms with van der Waals surface area (Å²) in [6, 6.07) is 8.45. The van der Waals surface area contributed by atoms with Gasteiger partial charge in [-0.25, -0.2) is 0 Å². The van der Waals surface area contributed by atoms with Crippen molar-refractivity contribution < 1.29 is 9.47 Å². The summed E-state index contributed by atoms with van der Waals surface area (Å²) < 4.78 is 11.5. The Morgan fingerprint density at radius 3 is 2.69 bits per heavy atom. The van der Waals surface area contributed by atoms with Crippen LogP contribution in [0.1, 0.15) is 45.2 Å². The van der Waals surface area contributed by atoms with E-state index in [1.807, 2.05) is 19.2 Å². The first-order valence-corrected chi connectivity index (χ1v) is 10.6. The van der Waals surface area contributed by atoms with Crippen molar-refractivity contribution in [1.82, 2.24) is 15.5 Å². The highest BCUT2D eigenvalue weighted by atomic mass is 16.5. The molecular weight excluding hydrogens is 364 g/mol. The second-order valence-electron chi connectivity index (χ2n) is 9.15. The Hall–Kier alpha value is -1.79. The molecule has 1 aromatic carbocycles. The van der Waals surface area contributed by atoms with Crippen LogP contribution < -0.4 is 15.4 Å². The van der Waals surface area contributed by atoms with Crippen molar-refractivity contribution in [3.8, 4) is 5.75 Å². The van der Waals surface area contributed by atoms with Crippen molar-refractivity contribution >= 4 is 5.96 Å². The summed E-state index contributed by atoms with van der Waals surface area (Å²) in [6.45, 7) is 9.28. The number of benzene rings is 1. The van der Waals surface area contributed by atoms with E-state index in [0.29, 0.717) is 5.92 Å². The SMILES string of the molecule is CN=C(NCC1CCCOC1C(C)(C)C)NCC(c1cccc(OC)c1)N(C)C. The molecule has 0 aliphatic carbocycles. The van der Waals surface area contributed by atoms with E-state index in [4.69, 9.17) is 9.47 Å². The van der Waals surface area contributed by atoms with Gasteiger partial charge in [-0.2, -0.15) is 0 Å². The van der Waals surface area contributed by atoms with Gasteiger partial charge in [-0.1, -0.05) is 32.9 Å². The van der Waals surface area contributed by atoms with E-state index in [9.17, 15) is 0 Å². The van der Waals surface area contributed by atoms with Crippen LogP contribution in [0.5, 0.6) is 5.75 Å². The van der Waals surface area contributed by atoms with Crippen LogP contribution in [-0.2, 0) is 4.74 Å². The number of ether oxygens (including phenoxy) is 2. The topological polar surface area (TPSA) is 58.1 Å². The first-order chi connectivity index (χ1) is 13.8. The lowest BCUT2D eigenvalue weighted by Crippen LogP contribution is -2.48. The normalized spacial score (nSPS) is 21.7. The van der Waals surface area contributed by atoms with E-state index < -0.39 is 0 Å². The average Bonchev–Trinajstić information content (AvgIpc) is 2.70. The lowest BCUT2D eigenvalue weighted by Gasteiger charge is -2.40. The molecule has 3 atom stereocenters. The third-order valence-electron chi connectivity index (χ3n) is 5.62. The van der Waals surface area contributed by atoms with E-state index in [1.165, 1.54) is 12.0 Å². The maximum atomic E-state index is 6.11. The number of hydrogen-bond donors (Lipinski definition) is 2. The van der Waals surface area contributed by atoms with Crippen LogP contribution in [0, 0.1) is 11.3 Å². The van der Waals surface area contributed by atoms with Gasteiger partial charge in [0.1, 0.15) is 5.75 Å². The first-order valence-electron chi connectivity index (χ1n) is 10.6. The maximum Gasteiger partial charge on any atom is 0.191 e. The molecule has 2 N–H and O–H groups in total. The molecule has 0 spiro atoms. The monoisotopic (exact) mass is 404 g/mol. The molecule has 1 aliphatic rings. The van der Waals surface area contributed by atoms with Crippen LogP contribution in [0.4, 0.5) is 0 Å². The van der Waals surface area contributed by atoms with Gasteiger partial charge in [-0.3, -0.25) is 4.99 Å². The standard InChI is InChI=1S/C23H40N4O2/c1-23(2,3)21-18(11-9-13-29-21)15-25-22(24-4)26-16-20(27(5)6)17-10-8-12-19(14-17)28-7/h8,10,12,14,18,20-21H,9,11,13,15-16H2,1-7H3,(H2,24,25,26). The van der Waals surface area contributed by atoms with Crippen LogP contribution >= 0.6 is 0 Å². The second-order valence-corrected chi connectivity index (χ2v) is 9.15. The molecule has 164 valence electrons. The lowest BCUT2D eigenvalue weighted by atomic mass is 9.78. The summed E-state index contributed by atoms with van der Waals surface area (Å²) >= 11 is 0. The number of likely N-dealkylation sites (N-methyl/N-ethyl adjacent to an activating group) is 1. The van der Waals surface area contributed by atoms with Crippen LogP contribution in [0.3, 0.4) is 0 Å². The summed E-state index contributed by atoms with van der Waals surface area (Å²) in [5, 5.41) is 7.02. The number of hydrogen-bond acceptors (Lipinski definition) is 4. The maximum absolute atomic E-state index is 6.11. The Balaban J connectivity index is 1.96. The Kier molecular flexibility index (Phi) is 8.78. The Morgan fingerprint density at radius 1 is 1.31 bits per heavy atom. The molecule has 1 fully saturated rings. The number of nitrogens with zero attached hydrogens (tertiary/aromatic N) is 2. The number of aliphatic imine (C=N–C) groups is 1. The zero-order valence-electron chi connectivity index (χ0n) is 19.3. The van der Waals surface area contributed by atoms with E-state index in [-0.39, 0.29) is 17.6 Å². The highest BCUT2D eigenvalue weighted by Crippen LogP contribution is 2.33. The minimum Gasteiger partial charge on any atom is -0.497 e. The second kappa shape index (κ2) is 10.8. The van der Waals surface area contributed by atoms with Crippen molar-refractivity contribution in [2.75, 3.05) is 47.9 Å². The average molecular weight is 405 g/mol. The number of rotatable bonds is 7. The van der Waals surface area contributed by atoms with Gasteiger partial charge in [0.2, 0.25) is 0 Å². The van der Waals surface area contributed by atoms with Gasteiger partial charge in [-0.05, 0) is 50.0 Å². The number of nitrogens with one attached hydrogen (secondary N) is 2. The van der Waals surface area contributed by atoms with Gasteiger partial charge in [0.05, 0.1) is 19.3 Å². The van der Waals surface area contributed by atoms with Crippen molar-refractivity contribution in [3.05, 3.63) is 29.8 Å². The molecule has 0 radical (unpaired) electrons. The molecule has 29 heavy (non-hydrogen) atoms. The van der Waals surface area contributed by atoms with Gasteiger partial charge in [-0.15, -0.1) is 0 Å². The molecule has 1 saturated heterocycles. The molecule has 6 nitrogen and oxygen atoms in total. The number of methoxy groups -OCH3 is 1. The van der Waals surface area contributed by atoms with E-state index in [1.54, 1.807) is 7.11 Å². The quantitative estimate of drug-likeness (QED) is 0.539. The Bertz CT molecular complexity index is 655. The first kappa shape index (κ1) is 23.5. The molecule has 0 saturated carbocycles. The smallest absolute Gasteiger partial charge is 0.191 e. The molecule has 3 unspecified atom stereocenters. The van der Waals surface area contributed by atoms with Crippen LogP contribution in [0.15, 0.2) is 29.3 Å². The molecule has 1 heterocycles. The van der Waals surface area contributed by atoms with Gasteiger partial charge >= 0.3 is 0 Å².